The standard InChI is InChI=1S/C18H18N4O2/c1-11(2)16-17(22-10-12(3)7-8-15(22)19-16)21-20-14-6-4-5-13(9-14)18(23)24/h4-11H,1-3H3,(H,23,24). The van der Waals surface area contributed by atoms with Crippen LogP contribution in [0.1, 0.15) is 41.4 Å². The first-order chi connectivity index (χ1) is 11.5. The van der Waals surface area contributed by atoms with Gasteiger partial charge in [-0.05, 0) is 42.7 Å². The van der Waals surface area contributed by atoms with Gasteiger partial charge < -0.3 is 5.11 Å². The second kappa shape index (κ2) is 6.23. The first-order valence-corrected chi connectivity index (χ1v) is 7.69. The summed E-state index contributed by atoms with van der Waals surface area (Å²) in [5.74, 6) is -0.116. The molecule has 0 radical (unpaired) electrons. The van der Waals surface area contributed by atoms with Crippen LogP contribution in [-0.2, 0) is 0 Å². The predicted octanol–water partition coefficient (Wildman–Crippen LogP) is 4.88. The van der Waals surface area contributed by atoms with Crippen molar-refractivity contribution in [3.63, 3.8) is 0 Å². The van der Waals surface area contributed by atoms with E-state index >= 15 is 0 Å². The summed E-state index contributed by atoms with van der Waals surface area (Å²) >= 11 is 0. The molecule has 24 heavy (non-hydrogen) atoms. The molecule has 0 saturated carbocycles. The lowest BCUT2D eigenvalue weighted by Gasteiger charge is -2.02. The summed E-state index contributed by atoms with van der Waals surface area (Å²) in [6, 6.07) is 10.3. The molecule has 0 aliphatic rings. The molecule has 122 valence electrons. The number of hydrogen-bond donors (Lipinski definition) is 1. The smallest absolute Gasteiger partial charge is 0.335 e. The first kappa shape index (κ1) is 15.9. The lowest BCUT2D eigenvalue weighted by Crippen LogP contribution is -1.94. The second-order valence-electron chi connectivity index (χ2n) is 5.97. The van der Waals surface area contributed by atoms with Gasteiger partial charge in [0.15, 0.2) is 5.82 Å². The van der Waals surface area contributed by atoms with Gasteiger partial charge in [0, 0.05) is 6.20 Å². The van der Waals surface area contributed by atoms with Gasteiger partial charge in [0.25, 0.3) is 0 Å². The van der Waals surface area contributed by atoms with Gasteiger partial charge in [-0.2, -0.15) is 0 Å². The second-order valence-corrected chi connectivity index (χ2v) is 5.97. The number of carboxylic acid groups (broad SMARTS) is 1. The number of aryl methyl sites for hydroxylation is 1. The van der Waals surface area contributed by atoms with E-state index in [9.17, 15) is 4.79 Å². The Morgan fingerprint density at radius 2 is 2.00 bits per heavy atom. The van der Waals surface area contributed by atoms with Crippen LogP contribution in [0.5, 0.6) is 0 Å². The van der Waals surface area contributed by atoms with Gasteiger partial charge in [0.2, 0.25) is 0 Å². The third-order valence-corrected chi connectivity index (χ3v) is 3.67. The van der Waals surface area contributed by atoms with Gasteiger partial charge in [-0.3, -0.25) is 4.40 Å². The highest BCUT2D eigenvalue weighted by atomic mass is 16.4. The van der Waals surface area contributed by atoms with Crippen LogP contribution in [0.3, 0.4) is 0 Å². The summed E-state index contributed by atoms with van der Waals surface area (Å²) < 4.78 is 1.91. The minimum Gasteiger partial charge on any atom is -0.478 e. The molecule has 0 bridgehead atoms. The minimum atomic E-state index is -0.986. The highest BCUT2D eigenvalue weighted by Crippen LogP contribution is 2.29. The van der Waals surface area contributed by atoms with Gasteiger partial charge in [-0.1, -0.05) is 26.0 Å². The number of hydrogen-bond acceptors (Lipinski definition) is 4. The Kier molecular flexibility index (Phi) is 4.12. The average Bonchev–Trinajstić information content (AvgIpc) is 2.91. The fourth-order valence-corrected chi connectivity index (χ4v) is 2.45. The number of azo groups is 1. The van der Waals surface area contributed by atoms with Crippen molar-refractivity contribution in [2.75, 3.05) is 0 Å². The molecule has 0 amide bonds. The van der Waals surface area contributed by atoms with Crippen LogP contribution < -0.4 is 0 Å². The Labute approximate surface area is 139 Å². The molecular weight excluding hydrogens is 304 g/mol. The van der Waals surface area contributed by atoms with Gasteiger partial charge in [0.1, 0.15) is 5.65 Å². The number of carboxylic acids is 1. The highest BCUT2D eigenvalue weighted by Gasteiger charge is 2.15. The average molecular weight is 322 g/mol. The number of carbonyl (C=O) groups is 1. The van der Waals surface area contributed by atoms with E-state index in [0.717, 1.165) is 16.9 Å². The predicted molar refractivity (Wildman–Crippen MR) is 91.6 cm³/mol. The Balaban J connectivity index is 2.08. The van der Waals surface area contributed by atoms with E-state index in [2.05, 4.69) is 29.1 Å². The van der Waals surface area contributed by atoms with Gasteiger partial charge in [0.05, 0.1) is 16.9 Å². The van der Waals surface area contributed by atoms with Gasteiger partial charge in [-0.15, -0.1) is 10.2 Å². The molecule has 1 aromatic carbocycles. The first-order valence-electron chi connectivity index (χ1n) is 7.69. The number of aromatic carboxylic acids is 1. The van der Waals surface area contributed by atoms with Crippen LogP contribution in [0, 0.1) is 6.92 Å². The van der Waals surface area contributed by atoms with Crippen LogP contribution in [0.4, 0.5) is 11.5 Å². The number of rotatable bonds is 4. The molecule has 2 heterocycles. The lowest BCUT2D eigenvalue weighted by atomic mass is 10.1. The van der Waals surface area contributed by atoms with Crippen molar-refractivity contribution in [1.82, 2.24) is 9.38 Å². The van der Waals surface area contributed by atoms with Crippen molar-refractivity contribution in [3.8, 4) is 0 Å². The van der Waals surface area contributed by atoms with Crippen LogP contribution in [-0.4, -0.2) is 20.5 Å². The van der Waals surface area contributed by atoms with Crippen molar-refractivity contribution < 1.29 is 9.90 Å². The Hall–Kier alpha value is -3.02. The van der Waals surface area contributed by atoms with E-state index < -0.39 is 5.97 Å². The zero-order valence-electron chi connectivity index (χ0n) is 13.8. The maximum absolute atomic E-state index is 11.1. The molecule has 6 heteroatoms. The minimum absolute atomic E-state index is 0.185. The summed E-state index contributed by atoms with van der Waals surface area (Å²) in [4.78, 5) is 15.7. The van der Waals surface area contributed by atoms with E-state index in [0.29, 0.717) is 11.5 Å². The van der Waals surface area contributed by atoms with Crippen molar-refractivity contribution in [3.05, 3.63) is 59.4 Å². The van der Waals surface area contributed by atoms with E-state index in [-0.39, 0.29) is 11.5 Å². The molecule has 0 unspecified atom stereocenters. The molecule has 0 atom stereocenters. The number of pyridine rings is 1. The third kappa shape index (κ3) is 3.03. The Morgan fingerprint density at radius 3 is 2.71 bits per heavy atom. The fraction of sp³-hybridized carbons (Fsp3) is 0.222. The Bertz CT molecular complexity index is 941. The summed E-state index contributed by atoms with van der Waals surface area (Å²) in [5.41, 5.74) is 3.45. The van der Waals surface area contributed by atoms with Crippen LogP contribution in [0.2, 0.25) is 0 Å². The molecule has 0 fully saturated rings. The third-order valence-electron chi connectivity index (χ3n) is 3.67. The lowest BCUT2D eigenvalue weighted by molar-refractivity contribution is 0.0697. The summed E-state index contributed by atoms with van der Waals surface area (Å²) in [6.07, 6.45) is 1.97. The van der Waals surface area contributed by atoms with E-state index in [1.807, 2.05) is 29.7 Å². The van der Waals surface area contributed by atoms with Crippen LogP contribution in [0.25, 0.3) is 5.65 Å². The summed E-state index contributed by atoms with van der Waals surface area (Å²) in [5, 5.41) is 17.6. The van der Waals surface area contributed by atoms with Crippen LogP contribution >= 0.6 is 0 Å². The molecule has 1 N–H and O–H groups in total. The number of nitrogens with zero attached hydrogens (tertiary/aromatic N) is 4. The molecule has 3 aromatic rings. The summed E-state index contributed by atoms with van der Waals surface area (Å²) in [7, 11) is 0. The molecule has 6 nitrogen and oxygen atoms in total. The summed E-state index contributed by atoms with van der Waals surface area (Å²) in [6.45, 7) is 6.11. The topological polar surface area (TPSA) is 79.3 Å². The van der Waals surface area contributed by atoms with Crippen molar-refractivity contribution >= 4 is 23.1 Å². The maximum atomic E-state index is 11.1. The maximum Gasteiger partial charge on any atom is 0.335 e. The van der Waals surface area contributed by atoms with E-state index in [1.165, 1.54) is 12.1 Å². The van der Waals surface area contributed by atoms with E-state index in [1.54, 1.807) is 12.1 Å². The largest absolute Gasteiger partial charge is 0.478 e. The number of fused-ring (bicyclic) bond motifs is 1. The van der Waals surface area contributed by atoms with Gasteiger partial charge >= 0.3 is 5.97 Å². The molecule has 0 saturated heterocycles. The Morgan fingerprint density at radius 1 is 1.21 bits per heavy atom. The molecule has 0 spiro atoms. The SMILES string of the molecule is Cc1ccc2nc(C(C)C)c(N=Nc3cccc(C(=O)O)c3)n2c1. The number of imidazole rings is 1. The van der Waals surface area contributed by atoms with Crippen molar-refractivity contribution in [2.45, 2.75) is 26.7 Å². The molecule has 2 aromatic heterocycles. The highest BCUT2D eigenvalue weighted by molar-refractivity contribution is 5.88. The van der Waals surface area contributed by atoms with E-state index in [4.69, 9.17) is 5.11 Å². The zero-order valence-corrected chi connectivity index (χ0v) is 13.8. The van der Waals surface area contributed by atoms with Crippen molar-refractivity contribution in [2.24, 2.45) is 10.2 Å². The van der Waals surface area contributed by atoms with Gasteiger partial charge in [-0.25, -0.2) is 9.78 Å². The zero-order chi connectivity index (χ0) is 17.3. The fourth-order valence-electron chi connectivity index (χ4n) is 2.45. The number of aromatic nitrogens is 2. The molecule has 0 aliphatic heterocycles. The quantitative estimate of drug-likeness (QED) is 0.695. The van der Waals surface area contributed by atoms with Crippen LogP contribution in [0.15, 0.2) is 52.8 Å². The molecule has 3 rings (SSSR count). The number of benzene rings is 1. The molecular formula is C18H18N4O2. The van der Waals surface area contributed by atoms with Crippen molar-refractivity contribution in [1.29, 1.82) is 0 Å². The normalized spacial score (nSPS) is 11.7. The monoisotopic (exact) mass is 322 g/mol. The molecule has 0 aliphatic carbocycles.